The van der Waals surface area contributed by atoms with Crippen LogP contribution in [0.1, 0.15) is 48.1 Å². The summed E-state index contributed by atoms with van der Waals surface area (Å²) in [6.45, 7) is 12.1. The Hall–Kier alpha value is -1.08. The van der Waals surface area contributed by atoms with E-state index in [1.54, 1.807) is 0 Å². The van der Waals surface area contributed by atoms with Crippen molar-refractivity contribution in [2.24, 2.45) is 0 Å². The van der Waals surface area contributed by atoms with E-state index in [0.717, 1.165) is 24.0 Å². The van der Waals surface area contributed by atoms with Gasteiger partial charge in [-0.15, -0.1) is 6.58 Å². The lowest BCUT2D eigenvalue weighted by atomic mass is 9.93. The number of hydrogen-bond acceptors (Lipinski definition) is 1. The molecule has 1 N–H and O–H groups in total. The minimum atomic E-state index is -0.364. The van der Waals surface area contributed by atoms with Crippen molar-refractivity contribution in [3.05, 3.63) is 46.5 Å². The van der Waals surface area contributed by atoms with E-state index in [9.17, 15) is 5.11 Å². The standard InChI is InChI=1S/C15H22O/c1-10(2)6-7-14(16)15-12(4)8-11(3)9-13(15)5/h8-9,14,16H,1,6-7H2,2-5H3. The molecule has 88 valence electrons. The van der Waals surface area contributed by atoms with Crippen LogP contribution in [0.2, 0.25) is 0 Å². The first-order valence-electron chi connectivity index (χ1n) is 5.82. The zero-order chi connectivity index (χ0) is 12.3. The Labute approximate surface area is 98.8 Å². The van der Waals surface area contributed by atoms with Gasteiger partial charge >= 0.3 is 0 Å². The van der Waals surface area contributed by atoms with Crippen molar-refractivity contribution >= 4 is 0 Å². The second-order valence-corrected chi connectivity index (χ2v) is 4.82. The fraction of sp³-hybridized carbons (Fsp3) is 0.467. The van der Waals surface area contributed by atoms with Crippen molar-refractivity contribution in [3.63, 3.8) is 0 Å². The van der Waals surface area contributed by atoms with Crippen LogP contribution in [-0.4, -0.2) is 5.11 Å². The van der Waals surface area contributed by atoms with Crippen molar-refractivity contribution in [1.29, 1.82) is 0 Å². The van der Waals surface area contributed by atoms with Gasteiger partial charge in [0.2, 0.25) is 0 Å². The molecule has 0 aliphatic carbocycles. The van der Waals surface area contributed by atoms with Gasteiger partial charge in [0.05, 0.1) is 6.10 Å². The summed E-state index contributed by atoms with van der Waals surface area (Å²) in [6, 6.07) is 4.26. The van der Waals surface area contributed by atoms with Gasteiger partial charge in [-0.3, -0.25) is 0 Å². The molecule has 1 nitrogen and oxygen atoms in total. The number of benzene rings is 1. The molecule has 1 atom stereocenters. The molecule has 1 aromatic carbocycles. The topological polar surface area (TPSA) is 20.2 Å². The van der Waals surface area contributed by atoms with E-state index in [1.807, 2.05) is 6.92 Å². The van der Waals surface area contributed by atoms with Crippen molar-refractivity contribution < 1.29 is 5.11 Å². The third-order valence-electron chi connectivity index (χ3n) is 2.92. The van der Waals surface area contributed by atoms with E-state index in [1.165, 1.54) is 16.7 Å². The molecular weight excluding hydrogens is 196 g/mol. The summed E-state index contributed by atoms with van der Waals surface area (Å²) >= 11 is 0. The SMILES string of the molecule is C=C(C)CCC(O)c1c(C)cc(C)cc1C. The van der Waals surface area contributed by atoms with Crippen LogP contribution in [0.3, 0.4) is 0 Å². The molecule has 1 rings (SSSR count). The van der Waals surface area contributed by atoms with Crippen molar-refractivity contribution in [1.82, 2.24) is 0 Å². The highest BCUT2D eigenvalue weighted by Gasteiger charge is 2.13. The van der Waals surface area contributed by atoms with Crippen LogP contribution in [0.5, 0.6) is 0 Å². The largest absolute Gasteiger partial charge is 0.388 e. The third-order valence-corrected chi connectivity index (χ3v) is 2.92. The molecule has 0 radical (unpaired) electrons. The normalized spacial score (nSPS) is 12.6. The second kappa shape index (κ2) is 5.31. The quantitative estimate of drug-likeness (QED) is 0.757. The number of rotatable bonds is 4. The predicted octanol–water partition coefficient (Wildman–Crippen LogP) is 4.00. The first-order chi connectivity index (χ1) is 7.41. The van der Waals surface area contributed by atoms with E-state index < -0.39 is 0 Å². The van der Waals surface area contributed by atoms with Crippen LogP contribution in [0.4, 0.5) is 0 Å². The summed E-state index contributed by atoms with van der Waals surface area (Å²) in [4.78, 5) is 0. The second-order valence-electron chi connectivity index (χ2n) is 4.82. The predicted molar refractivity (Wildman–Crippen MR) is 69.7 cm³/mol. The molecule has 0 aliphatic rings. The lowest BCUT2D eigenvalue weighted by Crippen LogP contribution is -2.03. The fourth-order valence-corrected chi connectivity index (χ4v) is 2.24. The third kappa shape index (κ3) is 3.21. The molecule has 1 unspecified atom stereocenters. The Kier molecular flexibility index (Phi) is 4.31. The minimum absolute atomic E-state index is 0.364. The van der Waals surface area contributed by atoms with Gasteiger partial charge in [-0.1, -0.05) is 23.3 Å². The summed E-state index contributed by atoms with van der Waals surface area (Å²) in [5.74, 6) is 0. The van der Waals surface area contributed by atoms with Gasteiger partial charge in [0.15, 0.2) is 0 Å². The number of aliphatic hydroxyl groups excluding tert-OH is 1. The molecular formula is C15H22O. The Morgan fingerprint density at radius 3 is 2.19 bits per heavy atom. The lowest BCUT2D eigenvalue weighted by Gasteiger charge is -2.17. The van der Waals surface area contributed by atoms with Gasteiger partial charge in [-0.05, 0) is 57.2 Å². The zero-order valence-corrected chi connectivity index (χ0v) is 10.8. The fourth-order valence-electron chi connectivity index (χ4n) is 2.24. The highest BCUT2D eigenvalue weighted by molar-refractivity contribution is 5.38. The van der Waals surface area contributed by atoms with Gasteiger partial charge in [0, 0.05) is 0 Å². The summed E-state index contributed by atoms with van der Waals surface area (Å²) in [6.07, 6.45) is 1.28. The summed E-state index contributed by atoms with van der Waals surface area (Å²) in [7, 11) is 0. The molecule has 0 bridgehead atoms. The average Bonchev–Trinajstić information content (AvgIpc) is 2.12. The number of aliphatic hydroxyl groups is 1. The van der Waals surface area contributed by atoms with Gasteiger partial charge in [-0.25, -0.2) is 0 Å². The summed E-state index contributed by atoms with van der Waals surface area (Å²) < 4.78 is 0. The number of aryl methyl sites for hydroxylation is 3. The van der Waals surface area contributed by atoms with Crippen LogP contribution in [-0.2, 0) is 0 Å². The van der Waals surface area contributed by atoms with Gasteiger partial charge in [-0.2, -0.15) is 0 Å². The first kappa shape index (κ1) is 13.0. The number of hydrogen-bond donors (Lipinski definition) is 1. The molecule has 0 saturated heterocycles. The smallest absolute Gasteiger partial charge is 0.0798 e. The maximum absolute atomic E-state index is 10.2. The summed E-state index contributed by atoms with van der Waals surface area (Å²) in [5.41, 5.74) is 5.84. The van der Waals surface area contributed by atoms with Gasteiger partial charge < -0.3 is 5.11 Å². The first-order valence-corrected chi connectivity index (χ1v) is 5.82. The van der Waals surface area contributed by atoms with Crippen LogP contribution < -0.4 is 0 Å². The Balaban J connectivity index is 2.90. The highest BCUT2D eigenvalue weighted by atomic mass is 16.3. The molecule has 0 saturated carbocycles. The van der Waals surface area contributed by atoms with E-state index >= 15 is 0 Å². The Bertz CT molecular complexity index is 367. The Morgan fingerprint density at radius 1 is 1.25 bits per heavy atom. The van der Waals surface area contributed by atoms with Crippen LogP contribution in [0.15, 0.2) is 24.3 Å². The maximum Gasteiger partial charge on any atom is 0.0798 e. The maximum atomic E-state index is 10.2. The highest BCUT2D eigenvalue weighted by Crippen LogP contribution is 2.27. The molecule has 0 aliphatic heterocycles. The lowest BCUT2D eigenvalue weighted by molar-refractivity contribution is 0.166. The Morgan fingerprint density at radius 2 is 1.75 bits per heavy atom. The number of allylic oxidation sites excluding steroid dienone is 1. The molecule has 0 aromatic heterocycles. The van der Waals surface area contributed by atoms with E-state index in [2.05, 4.69) is 39.5 Å². The van der Waals surface area contributed by atoms with Crippen LogP contribution in [0.25, 0.3) is 0 Å². The van der Waals surface area contributed by atoms with Gasteiger partial charge in [0.1, 0.15) is 0 Å². The van der Waals surface area contributed by atoms with Crippen LogP contribution in [0, 0.1) is 20.8 Å². The molecule has 16 heavy (non-hydrogen) atoms. The molecule has 1 aromatic rings. The van der Waals surface area contributed by atoms with E-state index in [-0.39, 0.29) is 6.10 Å². The molecule has 0 heterocycles. The molecule has 0 spiro atoms. The van der Waals surface area contributed by atoms with Crippen molar-refractivity contribution in [2.45, 2.75) is 46.6 Å². The zero-order valence-electron chi connectivity index (χ0n) is 10.8. The summed E-state index contributed by atoms with van der Waals surface area (Å²) in [5, 5.41) is 10.2. The van der Waals surface area contributed by atoms with Crippen LogP contribution >= 0.6 is 0 Å². The molecule has 0 amide bonds. The van der Waals surface area contributed by atoms with E-state index in [0.29, 0.717) is 0 Å². The van der Waals surface area contributed by atoms with Crippen molar-refractivity contribution in [3.8, 4) is 0 Å². The average molecular weight is 218 g/mol. The minimum Gasteiger partial charge on any atom is -0.388 e. The molecule has 1 heteroatoms. The van der Waals surface area contributed by atoms with Gasteiger partial charge in [0.25, 0.3) is 0 Å². The van der Waals surface area contributed by atoms with Crippen molar-refractivity contribution in [2.75, 3.05) is 0 Å². The van der Waals surface area contributed by atoms with E-state index in [4.69, 9.17) is 0 Å². The monoisotopic (exact) mass is 218 g/mol. The molecule has 0 fully saturated rings.